The Kier molecular flexibility index (Phi) is 2.83. The molecule has 2 aliphatic rings. The number of hydrogen-bond acceptors (Lipinski definition) is 3. The highest BCUT2D eigenvalue weighted by molar-refractivity contribution is 9.10. The monoisotopic (exact) mass is 310 g/mol. The number of nitrogens with zero attached hydrogens (tertiary/aromatic N) is 1. The summed E-state index contributed by atoms with van der Waals surface area (Å²) >= 11 is 3.54. The fourth-order valence-electron chi connectivity index (χ4n) is 2.65. The van der Waals surface area contributed by atoms with Crippen LogP contribution in [0, 0.1) is 5.92 Å². The van der Waals surface area contributed by atoms with Crippen LogP contribution >= 0.6 is 15.9 Å². The van der Waals surface area contributed by atoms with Crippen molar-refractivity contribution < 1.29 is 9.90 Å². The summed E-state index contributed by atoms with van der Waals surface area (Å²) in [5.41, 5.74) is 2.47. The molecule has 5 heteroatoms. The first-order valence-electron chi connectivity index (χ1n) is 6.13. The maximum absolute atomic E-state index is 11.4. The zero-order valence-electron chi connectivity index (χ0n) is 10.1. The number of fused-ring (bicyclic) bond motifs is 1. The van der Waals surface area contributed by atoms with Crippen molar-refractivity contribution in [2.75, 3.05) is 23.3 Å². The van der Waals surface area contributed by atoms with Crippen molar-refractivity contribution in [1.29, 1.82) is 0 Å². The fraction of sp³-hybridized carbons (Fsp3) is 0.462. The van der Waals surface area contributed by atoms with Gasteiger partial charge in [-0.3, -0.25) is 4.79 Å². The molecule has 2 unspecified atom stereocenters. The quantitative estimate of drug-likeness (QED) is 0.836. The molecule has 0 spiro atoms. The van der Waals surface area contributed by atoms with Gasteiger partial charge in [-0.2, -0.15) is 0 Å². The van der Waals surface area contributed by atoms with Crippen LogP contribution in [0.5, 0.6) is 0 Å². The molecule has 2 heterocycles. The van der Waals surface area contributed by atoms with Gasteiger partial charge >= 0.3 is 0 Å². The zero-order valence-corrected chi connectivity index (χ0v) is 11.7. The van der Waals surface area contributed by atoms with Crippen molar-refractivity contribution >= 4 is 33.2 Å². The van der Waals surface area contributed by atoms with E-state index in [1.807, 2.05) is 12.1 Å². The van der Waals surface area contributed by atoms with Crippen LogP contribution in [0.25, 0.3) is 0 Å². The number of carbonyl (C=O) groups is 1. The van der Waals surface area contributed by atoms with Crippen molar-refractivity contribution in [2.45, 2.75) is 19.4 Å². The predicted octanol–water partition coefficient (Wildman–Crippen LogP) is 2.28. The lowest BCUT2D eigenvalue weighted by Crippen LogP contribution is -2.19. The third-order valence-corrected chi connectivity index (χ3v) is 4.32. The Balaban J connectivity index is 1.98. The molecular formula is C13H15BrN2O2. The lowest BCUT2D eigenvalue weighted by Gasteiger charge is -2.21. The molecule has 4 nitrogen and oxygen atoms in total. The van der Waals surface area contributed by atoms with Gasteiger partial charge in [0.2, 0.25) is 0 Å². The molecule has 0 saturated carbocycles. The molecule has 1 aromatic rings. The SMILES string of the molecule is CC1CCN(c2cc3c(cc2Br)C(O)C(=O)N3)C1. The molecule has 1 fully saturated rings. The number of hydrogen-bond donors (Lipinski definition) is 2. The molecule has 1 saturated heterocycles. The van der Waals surface area contributed by atoms with E-state index in [1.54, 1.807) is 0 Å². The number of nitrogens with one attached hydrogen (secondary N) is 1. The van der Waals surface area contributed by atoms with Crippen LogP contribution < -0.4 is 10.2 Å². The number of halogens is 1. The Hall–Kier alpha value is -1.07. The molecule has 0 aromatic heterocycles. The average molecular weight is 311 g/mol. The molecule has 18 heavy (non-hydrogen) atoms. The first-order valence-corrected chi connectivity index (χ1v) is 6.93. The molecule has 2 aliphatic heterocycles. The maximum Gasteiger partial charge on any atom is 0.257 e. The van der Waals surface area contributed by atoms with Gasteiger partial charge in [0.1, 0.15) is 0 Å². The van der Waals surface area contributed by atoms with E-state index in [0.717, 1.165) is 28.9 Å². The molecular weight excluding hydrogens is 296 g/mol. The van der Waals surface area contributed by atoms with Crippen LogP contribution in [0.1, 0.15) is 25.0 Å². The Morgan fingerprint density at radius 2 is 2.28 bits per heavy atom. The normalized spacial score (nSPS) is 26.4. The van der Waals surface area contributed by atoms with Gasteiger partial charge in [0.25, 0.3) is 5.91 Å². The molecule has 1 amide bonds. The minimum Gasteiger partial charge on any atom is -0.378 e. The highest BCUT2D eigenvalue weighted by Crippen LogP contribution is 2.40. The van der Waals surface area contributed by atoms with E-state index in [0.29, 0.717) is 11.5 Å². The Morgan fingerprint density at radius 3 is 2.94 bits per heavy atom. The van der Waals surface area contributed by atoms with E-state index >= 15 is 0 Å². The smallest absolute Gasteiger partial charge is 0.257 e. The summed E-state index contributed by atoms with van der Waals surface area (Å²) in [5.74, 6) is 0.356. The minimum atomic E-state index is -1.04. The van der Waals surface area contributed by atoms with Gasteiger partial charge in [-0.1, -0.05) is 6.92 Å². The van der Waals surface area contributed by atoms with E-state index in [1.165, 1.54) is 6.42 Å². The van der Waals surface area contributed by atoms with E-state index in [9.17, 15) is 9.90 Å². The molecule has 0 radical (unpaired) electrons. The second-order valence-electron chi connectivity index (χ2n) is 5.12. The highest BCUT2D eigenvalue weighted by Gasteiger charge is 2.31. The van der Waals surface area contributed by atoms with Gasteiger partial charge in [0.15, 0.2) is 6.10 Å². The number of anilines is 2. The van der Waals surface area contributed by atoms with E-state index < -0.39 is 6.10 Å². The lowest BCUT2D eigenvalue weighted by atomic mass is 10.1. The molecule has 3 rings (SSSR count). The third-order valence-electron chi connectivity index (χ3n) is 3.68. The van der Waals surface area contributed by atoms with Gasteiger partial charge in [-0.15, -0.1) is 0 Å². The van der Waals surface area contributed by atoms with Gasteiger partial charge in [0.05, 0.1) is 5.69 Å². The van der Waals surface area contributed by atoms with Gasteiger partial charge < -0.3 is 15.3 Å². The highest BCUT2D eigenvalue weighted by atomic mass is 79.9. The van der Waals surface area contributed by atoms with Crippen LogP contribution in [0.15, 0.2) is 16.6 Å². The summed E-state index contributed by atoms with van der Waals surface area (Å²) < 4.78 is 0.936. The minimum absolute atomic E-state index is 0.344. The standard InChI is InChI=1S/C13H15BrN2O2/c1-7-2-3-16(6-7)11-5-10-8(4-9(11)14)12(17)13(18)15-10/h4-5,7,12,17H,2-3,6H2,1H3,(H,15,18). The van der Waals surface area contributed by atoms with Crippen LogP contribution in [0.3, 0.4) is 0 Å². The largest absolute Gasteiger partial charge is 0.378 e. The number of aliphatic hydroxyl groups is 1. The number of carbonyl (C=O) groups excluding carboxylic acids is 1. The van der Waals surface area contributed by atoms with E-state index in [4.69, 9.17) is 0 Å². The maximum atomic E-state index is 11.4. The summed E-state index contributed by atoms with van der Waals surface area (Å²) in [7, 11) is 0. The summed E-state index contributed by atoms with van der Waals surface area (Å²) in [5, 5.41) is 12.4. The molecule has 2 atom stereocenters. The molecule has 1 aromatic carbocycles. The summed E-state index contributed by atoms with van der Waals surface area (Å²) in [4.78, 5) is 13.7. The van der Waals surface area contributed by atoms with Crippen molar-refractivity contribution in [3.8, 4) is 0 Å². The van der Waals surface area contributed by atoms with E-state index in [2.05, 4.69) is 33.1 Å². The molecule has 96 valence electrons. The van der Waals surface area contributed by atoms with Gasteiger partial charge in [-0.25, -0.2) is 0 Å². The topological polar surface area (TPSA) is 52.6 Å². The average Bonchev–Trinajstić information content (AvgIpc) is 2.86. The summed E-state index contributed by atoms with van der Waals surface area (Å²) in [6.45, 7) is 4.32. The first kappa shape index (κ1) is 12.0. The van der Waals surface area contributed by atoms with Crippen LogP contribution in [0.4, 0.5) is 11.4 Å². The Morgan fingerprint density at radius 1 is 1.50 bits per heavy atom. The van der Waals surface area contributed by atoms with Gasteiger partial charge in [-0.05, 0) is 40.4 Å². The van der Waals surface area contributed by atoms with Crippen molar-refractivity contribution in [2.24, 2.45) is 5.92 Å². The Bertz CT molecular complexity index is 518. The molecule has 0 bridgehead atoms. The van der Waals surface area contributed by atoms with Crippen LogP contribution in [-0.2, 0) is 4.79 Å². The fourth-order valence-corrected chi connectivity index (χ4v) is 3.26. The van der Waals surface area contributed by atoms with E-state index in [-0.39, 0.29) is 5.91 Å². The van der Waals surface area contributed by atoms with Crippen molar-refractivity contribution in [1.82, 2.24) is 0 Å². The summed E-state index contributed by atoms with van der Waals surface area (Å²) in [6, 6.07) is 3.79. The number of benzene rings is 1. The number of amides is 1. The third kappa shape index (κ3) is 1.82. The summed E-state index contributed by atoms with van der Waals surface area (Å²) in [6.07, 6.45) is 0.154. The lowest BCUT2D eigenvalue weighted by molar-refractivity contribution is -0.123. The van der Waals surface area contributed by atoms with Gasteiger partial charge in [0, 0.05) is 28.8 Å². The van der Waals surface area contributed by atoms with Crippen molar-refractivity contribution in [3.63, 3.8) is 0 Å². The predicted molar refractivity (Wildman–Crippen MR) is 73.7 cm³/mol. The molecule has 2 N–H and O–H groups in total. The number of aliphatic hydroxyl groups excluding tert-OH is 1. The zero-order chi connectivity index (χ0) is 12.9. The Labute approximate surface area is 114 Å². The van der Waals surface area contributed by atoms with Crippen LogP contribution in [-0.4, -0.2) is 24.1 Å². The second kappa shape index (κ2) is 4.24. The number of rotatable bonds is 1. The molecule has 0 aliphatic carbocycles. The van der Waals surface area contributed by atoms with Crippen molar-refractivity contribution in [3.05, 3.63) is 22.2 Å². The second-order valence-corrected chi connectivity index (χ2v) is 5.98. The van der Waals surface area contributed by atoms with Crippen LogP contribution in [0.2, 0.25) is 0 Å². The first-order chi connectivity index (χ1) is 8.56.